The summed E-state index contributed by atoms with van der Waals surface area (Å²) in [6.45, 7) is 0.476. The lowest BCUT2D eigenvalue weighted by atomic mass is 10.1. The highest BCUT2D eigenvalue weighted by atomic mass is 35.5. The topological polar surface area (TPSA) is 73.6 Å². The monoisotopic (exact) mass is 418 g/mol. The van der Waals surface area contributed by atoms with Gasteiger partial charge in [-0.25, -0.2) is 0 Å². The number of benzene rings is 2. The smallest absolute Gasteiger partial charge is 0.300 e. The van der Waals surface area contributed by atoms with Crippen LogP contribution < -0.4 is 15.0 Å². The number of hydrogen-bond donors (Lipinski definition) is 1. The number of aromatic nitrogens is 2. The van der Waals surface area contributed by atoms with Gasteiger partial charge in [0.1, 0.15) is 12.4 Å². The van der Waals surface area contributed by atoms with E-state index in [9.17, 15) is 9.90 Å². The molecule has 0 saturated heterocycles. The standard InChI is InChI=1S/C20H16Cl2N2O4/c21-17-3-1-2-16(19(17)22)12-4-6-14(7-5-12)27-11-15-9-24-13(10-25)8-18(26)23-20(24)28-15/h1-8,15,25H,9-11H2/t15-/m0/s1. The van der Waals surface area contributed by atoms with Crippen LogP contribution in [0.25, 0.3) is 11.1 Å². The second kappa shape index (κ2) is 7.83. The zero-order valence-corrected chi connectivity index (χ0v) is 16.2. The predicted molar refractivity (Wildman–Crippen MR) is 106 cm³/mol. The Morgan fingerprint density at radius 1 is 1.21 bits per heavy atom. The van der Waals surface area contributed by atoms with Gasteiger partial charge in [0.05, 0.1) is 28.9 Å². The van der Waals surface area contributed by atoms with Gasteiger partial charge in [0.25, 0.3) is 5.56 Å². The van der Waals surface area contributed by atoms with Crippen molar-refractivity contribution in [3.05, 3.63) is 74.6 Å². The molecule has 0 bridgehead atoms. The minimum Gasteiger partial charge on any atom is -0.490 e. The molecule has 1 aliphatic rings. The van der Waals surface area contributed by atoms with Crippen molar-refractivity contribution in [3.63, 3.8) is 0 Å². The minimum atomic E-state index is -0.438. The Morgan fingerprint density at radius 2 is 2.00 bits per heavy atom. The molecule has 0 radical (unpaired) electrons. The molecule has 1 aromatic heterocycles. The number of ether oxygens (including phenoxy) is 2. The quantitative estimate of drug-likeness (QED) is 0.685. The van der Waals surface area contributed by atoms with E-state index in [0.29, 0.717) is 28.0 Å². The largest absolute Gasteiger partial charge is 0.490 e. The molecule has 0 unspecified atom stereocenters. The van der Waals surface area contributed by atoms with Crippen molar-refractivity contribution in [2.24, 2.45) is 0 Å². The molecule has 2 aromatic carbocycles. The van der Waals surface area contributed by atoms with Crippen LogP contribution in [0.15, 0.2) is 53.3 Å². The van der Waals surface area contributed by atoms with E-state index in [1.54, 1.807) is 10.6 Å². The lowest BCUT2D eigenvalue weighted by molar-refractivity contribution is 0.143. The van der Waals surface area contributed by atoms with Crippen LogP contribution >= 0.6 is 23.2 Å². The van der Waals surface area contributed by atoms with Crippen molar-refractivity contribution in [2.45, 2.75) is 19.3 Å². The molecular formula is C20H16Cl2N2O4. The highest BCUT2D eigenvalue weighted by Gasteiger charge is 2.26. The van der Waals surface area contributed by atoms with Crippen molar-refractivity contribution in [3.8, 4) is 22.9 Å². The van der Waals surface area contributed by atoms with Crippen molar-refractivity contribution >= 4 is 23.2 Å². The maximum atomic E-state index is 11.5. The zero-order chi connectivity index (χ0) is 19.7. The molecule has 1 N–H and O–H groups in total. The predicted octanol–water partition coefficient (Wildman–Crippen LogP) is 3.55. The SMILES string of the molecule is O=c1cc(CO)n2c(n1)O[C@H](COc1ccc(-c3cccc(Cl)c3Cl)cc1)C2. The second-order valence-corrected chi connectivity index (χ2v) is 7.10. The van der Waals surface area contributed by atoms with Crippen molar-refractivity contribution < 1.29 is 14.6 Å². The van der Waals surface area contributed by atoms with Gasteiger partial charge in [-0.3, -0.25) is 9.36 Å². The highest BCUT2D eigenvalue weighted by molar-refractivity contribution is 6.43. The third kappa shape index (κ3) is 3.71. The fourth-order valence-electron chi connectivity index (χ4n) is 3.07. The average Bonchev–Trinajstić information content (AvgIpc) is 3.11. The van der Waals surface area contributed by atoms with Crippen LogP contribution in [-0.4, -0.2) is 27.4 Å². The molecular weight excluding hydrogens is 403 g/mol. The minimum absolute atomic E-state index is 0.205. The van der Waals surface area contributed by atoms with E-state index < -0.39 is 5.56 Å². The molecule has 2 heterocycles. The van der Waals surface area contributed by atoms with E-state index >= 15 is 0 Å². The van der Waals surface area contributed by atoms with Gasteiger partial charge in [0.15, 0.2) is 6.10 Å². The van der Waals surface area contributed by atoms with Crippen LogP contribution in [-0.2, 0) is 13.2 Å². The summed E-state index contributed by atoms with van der Waals surface area (Å²) in [5, 5.41) is 10.4. The first-order valence-electron chi connectivity index (χ1n) is 8.60. The number of nitrogens with zero attached hydrogens (tertiary/aromatic N) is 2. The number of fused-ring (bicyclic) bond motifs is 1. The Morgan fingerprint density at radius 3 is 2.75 bits per heavy atom. The van der Waals surface area contributed by atoms with Crippen molar-refractivity contribution in [1.29, 1.82) is 0 Å². The Kier molecular flexibility index (Phi) is 5.26. The molecule has 1 atom stereocenters. The van der Waals surface area contributed by atoms with Crippen LogP contribution in [0.5, 0.6) is 11.8 Å². The summed E-state index contributed by atoms with van der Waals surface area (Å²) in [5.41, 5.74) is 1.81. The Bertz CT molecular complexity index is 1070. The van der Waals surface area contributed by atoms with Crippen molar-refractivity contribution in [1.82, 2.24) is 9.55 Å². The summed E-state index contributed by atoms with van der Waals surface area (Å²) >= 11 is 12.3. The van der Waals surface area contributed by atoms with E-state index in [1.807, 2.05) is 36.4 Å². The van der Waals surface area contributed by atoms with Gasteiger partial charge in [0, 0.05) is 11.6 Å². The number of aliphatic hydroxyl groups is 1. The average molecular weight is 419 g/mol. The third-order valence-corrected chi connectivity index (χ3v) is 5.27. The van der Waals surface area contributed by atoms with Crippen LogP contribution in [0, 0.1) is 0 Å². The van der Waals surface area contributed by atoms with E-state index in [1.165, 1.54) is 6.07 Å². The van der Waals surface area contributed by atoms with E-state index in [4.69, 9.17) is 32.7 Å². The maximum absolute atomic E-state index is 11.5. The van der Waals surface area contributed by atoms with Gasteiger partial charge in [-0.1, -0.05) is 47.5 Å². The molecule has 28 heavy (non-hydrogen) atoms. The van der Waals surface area contributed by atoms with E-state index in [-0.39, 0.29) is 25.3 Å². The summed E-state index contributed by atoms with van der Waals surface area (Å²) in [5.74, 6) is 0.673. The summed E-state index contributed by atoms with van der Waals surface area (Å²) in [7, 11) is 0. The molecule has 3 aromatic rings. The van der Waals surface area contributed by atoms with Crippen molar-refractivity contribution in [2.75, 3.05) is 6.61 Å². The fourth-order valence-corrected chi connectivity index (χ4v) is 3.48. The molecule has 6 nitrogen and oxygen atoms in total. The maximum Gasteiger partial charge on any atom is 0.300 e. The van der Waals surface area contributed by atoms with Crippen LogP contribution in [0.4, 0.5) is 0 Å². The van der Waals surface area contributed by atoms with Crippen LogP contribution in [0.2, 0.25) is 10.0 Å². The summed E-state index contributed by atoms with van der Waals surface area (Å²) in [6.07, 6.45) is -0.304. The summed E-state index contributed by atoms with van der Waals surface area (Å²) < 4.78 is 13.1. The zero-order valence-electron chi connectivity index (χ0n) is 14.6. The van der Waals surface area contributed by atoms with Gasteiger partial charge in [-0.2, -0.15) is 4.98 Å². The van der Waals surface area contributed by atoms with Gasteiger partial charge in [0.2, 0.25) is 0 Å². The van der Waals surface area contributed by atoms with Gasteiger partial charge in [-0.05, 0) is 23.8 Å². The molecule has 4 rings (SSSR count). The van der Waals surface area contributed by atoms with Gasteiger partial charge in [-0.15, -0.1) is 0 Å². The van der Waals surface area contributed by atoms with Gasteiger partial charge >= 0.3 is 6.01 Å². The molecule has 8 heteroatoms. The summed E-state index contributed by atoms with van der Waals surface area (Å²) in [6, 6.07) is 14.5. The molecule has 0 aliphatic carbocycles. The van der Waals surface area contributed by atoms with Crippen LogP contribution in [0.1, 0.15) is 5.69 Å². The fraction of sp³-hybridized carbons (Fsp3) is 0.200. The summed E-state index contributed by atoms with van der Waals surface area (Å²) in [4.78, 5) is 15.3. The first kappa shape index (κ1) is 18.8. The molecule has 0 saturated carbocycles. The number of hydrogen-bond acceptors (Lipinski definition) is 5. The Hall–Kier alpha value is -2.54. The number of halogens is 2. The first-order chi connectivity index (χ1) is 13.5. The Balaban J connectivity index is 1.42. The molecule has 144 valence electrons. The third-order valence-electron chi connectivity index (χ3n) is 4.45. The molecule has 0 fully saturated rings. The van der Waals surface area contributed by atoms with Gasteiger partial charge < -0.3 is 14.6 Å². The molecule has 0 amide bonds. The lowest BCUT2D eigenvalue weighted by Gasteiger charge is -2.12. The second-order valence-electron chi connectivity index (χ2n) is 6.31. The van der Waals surface area contributed by atoms with E-state index in [0.717, 1.165) is 11.1 Å². The lowest BCUT2D eigenvalue weighted by Crippen LogP contribution is -2.23. The highest BCUT2D eigenvalue weighted by Crippen LogP contribution is 2.34. The number of rotatable bonds is 5. The normalized spacial score (nSPS) is 15.2. The Labute approximate surface area is 170 Å². The number of aliphatic hydroxyl groups excluding tert-OH is 1. The first-order valence-corrected chi connectivity index (χ1v) is 9.36. The molecule has 0 spiro atoms. The van der Waals surface area contributed by atoms with Crippen LogP contribution in [0.3, 0.4) is 0 Å². The van der Waals surface area contributed by atoms with E-state index in [2.05, 4.69) is 4.98 Å². The molecule has 1 aliphatic heterocycles.